The lowest BCUT2D eigenvalue weighted by Crippen LogP contribution is -2.17. The second-order valence-corrected chi connectivity index (χ2v) is 5.88. The molecule has 4 rings (SSSR count). The Morgan fingerprint density at radius 1 is 0.875 bits per heavy atom. The maximum Gasteiger partial charge on any atom is 0.291 e. The second kappa shape index (κ2) is 5.85. The van der Waals surface area contributed by atoms with Crippen LogP contribution in [0.3, 0.4) is 0 Å². The molecule has 0 saturated carbocycles. The van der Waals surface area contributed by atoms with Gasteiger partial charge in [-0.2, -0.15) is 4.57 Å². The Kier molecular flexibility index (Phi) is 3.54. The van der Waals surface area contributed by atoms with Gasteiger partial charge < -0.3 is 4.74 Å². The first kappa shape index (κ1) is 14.5. The molecule has 4 aromatic rings. The Labute approximate surface area is 141 Å². The van der Waals surface area contributed by atoms with Crippen LogP contribution in [-0.4, -0.2) is 11.7 Å². The summed E-state index contributed by atoms with van der Waals surface area (Å²) >= 11 is 0. The number of imidazole rings is 1. The zero-order chi connectivity index (χ0) is 16.5. The third-order valence-corrected chi connectivity index (χ3v) is 4.28. The first-order valence-corrected chi connectivity index (χ1v) is 7.99. The average Bonchev–Trinajstić information content (AvgIpc) is 3.02. The molecular weight excluding hydrogens is 296 g/mol. The van der Waals surface area contributed by atoms with E-state index in [-0.39, 0.29) is 0 Å². The molecule has 0 radical (unpaired) electrons. The van der Waals surface area contributed by atoms with Crippen LogP contribution in [0.5, 0.6) is 5.75 Å². The van der Waals surface area contributed by atoms with Gasteiger partial charge in [-0.05, 0) is 49.4 Å². The minimum Gasteiger partial charge on any atom is -0.497 e. The van der Waals surface area contributed by atoms with Crippen LogP contribution in [0.2, 0.25) is 0 Å². The lowest BCUT2D eigenvalue weighted by atomic mass is 10.1. The molecule has 0 aliphatic carbocycles. The van der Waals surface area contributed by atoms with E-state index in [9.17, 15) is 0 Å². The Balaban J connectivity index is 1.97. The molecule has 2 heterocycles. The van der Waals surface area contributed by atoms with Crippen molar-refractivity contribution in [2.24, 2.45) is 0 Å². The number of hydrogen-bond donors (Lipinski definition) is 0. The number of ether oxygens (including phenoxy) is 1. The van der Waals surface area contributed by atoms with Crippen molar-refractivity contribution in [2.75, 3.05) is 7.11 Å². The number of pyridine rings is 1. The summed E-state index contributed by atoms with van der Waals surface area (Å²) in [5.41, 5.74) is 5.84. The normalized spacial score (nSPS) is 10.9. The summed E-state index contributed by atoms with van der Waals surface area (Å²) < 4.78 is 9.71. The van der Waals surface area contributed by atoms with Crippen molar-refractivity contribution in [1.82, 2.24) is 4.57 Å². The van der Waals surface area contributed by atoms with Gasteiger partial charge in [0.2, 0.25) is 0 Å². The van der Waals surface area contributed by atoms with Crippen molar-refractivity contribution in [2.45, 2.75) is 6.92 Å². The highest BCUT2D eigenvalue weighted by atomic mass is 16.5. The number of nitrogens with zero attached hydrogens (tertiary/aromatic N) is 2. The molecule has 0 atom stereocenters. The smallest absolute Gasteiger partial charge is 0.291 e. The van der Waals surface area contributed by atoms with Gasteiger partial charge in [0.05, 0.1) is 13.3 Å². The van der Waals surface area contributed by atoms with Gasteiger partial charge in [-0.15, -0.1) is 0 Å². The second-order valence-electron chi connectivity index (χ2n) is 5.88. The molecule has 0 amide bonds. The van der Waals surface area contributed by atoms with Crippen molar-refractivity contribution in [1.29, 1.82) is 0 Å². The van der Waals surface area contributed by atoms with E-state index in [2.05, 4.69) is 76.8 Å². The van der Waals surface area contributed by atoms with Crippen molar-refractivity contribution >= 4 is 5.65 Å². The van der Waals surface area contributed by atoms with Gasteiger partial charge in [-0.1, -0.05) is 23.8 Å². The molecule has 2 aromatic carbocycles. The molecule has 0 fully saturated rings. The van der Waals surface area contributed by atoms with Crippen LogP contribution < -0.4 is 9.14 Å². The summed E-state index contributed by atoms with van der Waals surface area (Å²) in [5, 5.41) is 0. The van der Waals surface area contributed by atoms with Crippen molar-refractivity contribution < 1.29 is 9.14 Å². The fourth-order valence-corrected chi connectivity index (χ4v) is 2.99. The number of benzene rings is 2. The van der Waals surface area contributed by atoms with Crippen LogP contribution in [-0.2, 0) is 0 Å². The van der Waals surface area contributed by atoms with Crippen LogP contribution in [0.25, 0.3) is 22.6 Å². The number of hydrogen-bond acceptors (Lipinski definition) is 1. The summed E-state index contributed by atoms with van der Waals surface area (Å²) in [6.07, 6.45) is 4.24. The van der Waals surface area contributed by atoms with E-state index in [0.717, 1.165) is 28.3 Å². The van der Waals surface area contributed by atoms with Crippen LogP contribution in [0.15, 0.2) is 79.1 Å². The molecule has 0 aliphatic rings. The topological polar surface area (TPSA) is 18.3 Å². The highest BCUT2D eigenvalue weighted by molar-refractivity contribution is 5.66. The van der Waals surface area contributed by atoms with Crippen molar-refractivity contribution in [3.8, 4) is 22.7 Å². The monoisotopic (exact) mass is 315 g/mol. The van der Waals surface area contributed by atoms with Crippen molar-refractivity contribution in [3.05, 3.63) is 84.7 Å². The predicted octanol–water partition coefficient (Wildman–Crippen LogP) is 4.20. The SMILES string of the molecule is COc1ccc(-c2c[n+]3ccccc3n2-c2ccc(C)cc2)cc1. The number of rotatable bonds is 3. The van der Waals surface area contributed by atoms with E-state index >= 15 is 0 Å². The summed E-state index contributed by atoms with van der Waals surface area (Å²) in [4.78, 5) is 0. The van der Waals surface area contributed by atoms with Crippen LogP contribution >= 0.6 is 0 Å². The van der Waals surface area contributed by atoms with E-state index in [0.29, 0.717) is 0 Å². The molecule has 0 N–H and O–H groups in total. The van der Waals surface area contributed by atoms with Crippen molar-refractivity contribution in [3.63, 3.8) is 0 Å². The third kappa shape index (κ3) is 2.44. The molecule has 0 saturated heterocycles. The summed E-state index contributed by atoms with van der Waals surface area (Å²) in [6, 6.07) is 23.0. The highest BCUT2D eigenvalue weighted by Gasteiger charge is 2.20. The van der Waals surface area contributed by atoms with Gasteiger partial charge in [0.25, 0.3) is 5.65 Å². The molecule has 3 nitrogen and oxygen atoms in total. The van der Waals surface area contributed by atoms with E-state index in [1.807, 2.05) is 18.2 Å². The van der Waals surface area contributed by atoms with Gasteiger partial charge in [0.1, 0.15) is 17.6 Å². The Morgan fingerprint density at radius 2 is 1.62 bits per heavy atom. The lowest BCUT2D eigenvalue weighted by Gasteiger charge is -2.04. The zero-order valence-electron chi connectivity index (χ0n) is 13.8. The highest BCUT2D eigenvalue weighted by Crippen LogP contribution is 2.26. The average molecular weight is 315 g/mol. The van der Waals surface area contributed by atoms with Gasteiger partial charge in [-0.3, -0.25) is 0 Å². The number of aryl methyl sites for hydroxylation is 1. The molecule has 3 heteroatoms. The van der Waals surface area contributed by atoms with Gasteiger partial charge in [0, 0.05) is 11.6 Å². The Hall–Kier alpha value is -3.07. The first-order valence-electron chi connectivity index (χ1n) is 7.99. The standard InChI is InChI=1S/C21H19N2O/c1-16-6-10-18(11-7-16)23-20(15-22-14-4-3-5-21(22)23)17-8-12-19(24-2)13-9-17/h3-15H,1-2H3/q+1. The predicted molar refractivity (Wildman–Crippen MR) is 95.7 cm³/mol. The zero-order valence-corrected chi connectivity index (χ0v) is 13.8. The fourth-order valence-electron chi connectivity index (χ4n) is 2.99. The molecule has 24 heavy (non-hydrogen) atoms. The van der Waals surface area contributed by atoms with E-state index < -0.39 is 0 Å². The van der Waals surface area contributed by atoms with Gasteiger partial charge in [0.15, 0.2) is 5.69 Å². The van der Waals surface area contributed by atoms with Crippen LogP contribution in [0.1, 0.15) is 5.56 Å². The van der Waals surface area contributed by atoms with E-state index in [1.54, 1.807) is 7.11 Å². The molecule has 0 spiro atoms. The minimum absolute atomic E-state index is 0.865. The number of aromatic nitrogens is 2. The van der Waals surface area contributed by atoms with E-state index in [1.165, 1.54) is 5.56 Å². The maximum atomic E-state index is 5.28. The molecule has 2 aromatic heterocycles. The number of methoxy groups -OCH3 is 1. The minimum atomic E-state index is 0.865. The third-order valence-electron chi connectivity index (χ3n) is 4.28. The quantitative estimate of drug-likeness (QED) is 0.518. The summed E-state index contributed by atoms with van der Waals surface area (Å²) in [6.45, 7) is 2.11. The molecular formula is C21H19N2O+. The Morgan fingerprint density at radius 3 is 2.33 bits per heavy atom. The van der Waals surface area contributed by atoms with Crippen LogP contribution in [0.4, 0.5) is 0 Å². The fraction of sp³-hybridized carbons (Fsp3) is 0.0952. The summed E-state index contributed by atoms with van der Waals surface area (Å²) in [5.74, 6) is 0.865. The molecule has 0 bridgehead atoms. The maximum absolute atomic E-state index is 5.28. The Bertz CT molecular complexity index is 983. The first-order chi connectivity index (χ1) is 11.8. The number of fused-ring (bicyclic) bond motifs is 1. The van der Waals surface area contributed by atoms with Crippen LogP contribution in [0, 0.1) is 6.92 Å². The lowest BCUT2D eigenvalue weighted by molar-refractivity contribution is -0.510. The van der Waals surface area contributed by atoms with Gasteiger partial charge in [-0.25, -0.2) is 4.40 Å². The summed E-state index contributed by atoms with van der Waals surface area (Å²) in [7, 11) is 1.69. The van der Waals surface area contributed by atoms with E-state index in [4.69, 9.17) is 4.74 Å². The largest absolute Gasteiger partial charge is 0.497 e. The molecule has 0 aliphatic heterocycles. The van der Waals surface area contributed by atoms with Gasteiger partial charge >= 0.3 is 0 Å². The molecule has 118 valence electrons. The molecule has 0 unspecified atom stereocenters.